The Morgan fingerprint density at radius 3 is 2.40 bits per heavy atom. The van der Waals surface area contributed by atoms with Crippen molar-refractivity contribution in [2.45, 2.75) is 38.5 Å². The number of aldehydes is 1. The highest BCUT2D eigenvalue weighted by Gasteiger charge is 2.53. The Bertz CT molecular complexity index is 145. The maximum atomic E-state index is 10.4. The van der Waals surface area contributed by atoms with Crippen LogP contribution in [0.25, 0.3) is 0 Å². The van der Waals surface area contributed by atoms with Crippen molar-refractivity contribution < 1.29 is 4.79 Å². The third-order valence-corrected chi connectivity index (χ3v) is 3.27. The van der Waals surface area contributed by atoms with Gasteiger partial charge in [-0.2, -0.15) is 0 Å². The van der Waals surface area contributed by atoms with Gasteiger partial charge in [0.1, 0.15) is 6.29 Å². The van der Waals surface area contributed by atoms with Crippen molar-refractivity contribution in [3.05, 3.63) is 0 Å². The minimum absolute atomic E-state index is 0.452. The molecule has 56 valence electrons. The molecular weight excluding hydrogens is 124 g/mol. The van der Waals surface area contributed by atoms with Crippen LogP contribution in [0.3, 0.4) is 0 Å². The number of carbonyl (C=O) groups excluding carboxylic acids is 1. The number of carbonyl (C=O) groups is 1. The third-order valence-electron chi connectivity index (χ3n) is 3.27. The van der Waals surface area contributed by atoms with Crippen LogP contribution >= 0.6 is 0 Å². The summed E-state index contributed by atoms with van der Waals surface area (Å²) in [6, 6.07) is 0. The molecule has 10 heavy (non-hydrogen) atoms. The molecule has 0 heterocycles. The Balaban J connectivity index is 1.97. The van der Waals surface area contributed by atoms with Crippen molar-refractivity contribution >= 4 is 6.29 Å². The minimum Gasteiger partial charge on any atom is -0.303 e. The van der Waals surface area contributed by atoms with E-state index in [2.05, 4.69) is 0 Å². The van der Waals surface area contributed by atoms with Crippen molar-refractivity contribution in [3.8, 4) is 0 Å². The van der Waals surface area contributed by atoms with Crippen LogP contribution in [0.2, 0.25) is 0 Å². The van der Waals surface area contributed by atoms with Gasteiger partial charge in [-0.05, 0) is 24.7 Å². The van der Waals surface area contributed by atoms with Gasteiger partial charge >= 0.3 is 0 Å². The van der Waals surface area contributed by atoms with Crippen LogP contribution in [-0.2, 0) is 4.79 Å². The van der Waals surface area contributed by atoms with Crippen molar-refractivity contribution in [2.24, 2.45) is 11.3 Å². The van der Waals surface area contributed by atoms with E-state index in [-0.39, 0.29) is 0 Å². The molecular formula is C9H14O. The van der Waals surface area contributed by atoms with E-state index in [0.29, 0.717) is 11.3 Å². The maximum absolute atomic E-state index is 10.4. The lowest BCUT2D eigenvalue weighted by Crippen LogP contribution is -2.09. The van der Waals surface area contributed by atoms with Crippen molar-refractivity contribution in [1.29, 1.82) is 0 Å². The van der Waals surface area contributed by atoms with Crippen LogP contribution in [0.1, 0.15) is 38.5 Å². The van der Waals surface area contributed by atoms with Crippen molar-refractivity contribution in [1.82, 2.24) is 0 Å². The Morgan fingerprint density at radius 2 is 1.90 bits per heavy atom. The molecule has 1 heteroatoms. The van der Waals surface area contributed by atoms with Gasteiger partial charge in [0.25, 0.3) is 0 Å². The van der Waals surface area contributed by atoms with Crippen molar-refractivity contribution in [3.63, 3.8) is 0 Å². The summed E-state index contributed by atoms with van der Waals surface area (Å²) in [7, 11) is 0. The van der Waals surface area contributed by atoms with E-state index in [1.807, 2.05) is 0 Å². The van der Waals surface area contributed by atoms with Gasteiger partial charge in [-0.25, -0.2) is 0 Å². The van der Waals surface area contributed by atoms with Gasteiger partial charge in [-0.1, -0.05) is 19.3 Å². The van der Waals surface area contributed by atoms with Crippen LogP contribution in [0, 0.1) is 11.3 Å². The first-order chi connectivity index (χ1) is 4.87. The molecule has 0 aromatic heterocycles. The molecule has 0 radical (unpaired) electrons. The van der Waals surface area contributed by atoms with Gasteiger partial charge in [0.15, 0.2) is 0 Å². The lowest BCUT2D eigenvalue weighted by molar-refractivity contribution is -0.109. The molecule has 0 N–H and O–H groups in total. The first-order valence-corrected chi connectivity index (χ1v) is 4.33. The topological polar surface area (TPSA) is 17.1 Å². The summed E-state index contributed by atoms with van der Waals surface area (Å²) in [6.07, 6.45) is 9.16. The molecule has 0 saturated heterocycles. The van der Waals surface area contributed by atoms with Gasteiger partial charge in [0.2, 0.25) is 0 Å². The highest BCUT2D eigenvalue weighted by Crippen LogP contribution is 2.60. The first-order valence-electron chi connectivity index (χ1n) is 4.33. The summed E-state index contributed by atoms with van der Waals surface area (Å²) in [5, 5.41) is 0. The van der Waals surface area contributed by atoms with E-state index in [1.165, 1.54) is 44.8 Å². The van der Waals surface area contributed by atoms with E-state index in [0.717, 1.165) is 0 Å². The standard InChI is InChI=1S/C9H14O/c10-7-8-6-9(8)4-2-1-3-5-9/h7-8H,1-6H2. The minimum atomic E-state index is 0.452. The highest BCUT2D eigenvalue weighted by atomic mass is 16.1. The van der Waals surface area contributed by atoms with Crippen LogP contribution in [0.4, 0.5) is 0 Å². The fourth-order valence-electron chi connectivity index (χ4n) is 2.40. The van der Waals surface area contributed by atoms with E-state index in [4.69, 9.17) is 0 Å². The van der Waals surface area contributed by atoms with E-state index in [1.54, 1.807) is 0 Å². The number of hydrogen-bond donors (Lipinski definition) is 0. The number of hydrogen-bond acceptors (Lipinski definition) is 1. The largest absolute Gasteiger partial charge is 0.303 e. The molecule has 2 aliphatic rings. The maximum Gasteiger partial charge on any atom is 0.123 e. The lowest BCUT2D eigenvalue weighted by atomic mass is 9.85. The van der Waals surface area contributed by atoms with Gasteiger partial charge in [0.05, 0.1) is 0 Å². The summed E-state index contributed by atoms with van der Waals surface area (Å²) in [4.78, 5) is 10.4. The molecule has 1 unspecified atom stereocenters. The number of rotatable bonds is 1. The van der Waals surface area contributed by atoms with Gasteiger partial charge in [0, 0.05) is 5.92 Å². The lowest BCUT2D eigenvalue weighted by Gasteiger charge is -2.20. The van der Waals surface area contributed by atoms with Crippen LogP contribution in [-0.4, -0.2) is 6.29 Å². The van der Waals surface area contributed by atoms with Gasteiger partial charge in [-0.3, -0.25) is 0 Å². The zero-order valence-corrected chi connectivity index (χ0v) is 6.31. The molecule has 0 bridgehead atoms. The monoisotopic (exact) mass is 138 g/mol. The predicted octanol–water partition coefficient (Wildman–Crippen LogP) is 2.16. The summed E-state index contributed by atoms with van der Waals surface area (Å²) in [5.74, 6) is 0.452. The predicted molar refractivity (Wildman–Crippen MR) is 39.7 cm³/mol. The molecule has 0 amide bonds. The third kappa shape index (κ3) is 0.799. The first kappa shape index (κ1) is 6.38. The second kappa shape index (κ2) is 2.08. The quantitative estimate of drug-likeness (QED) is 0.507. The van der Waals surface area contributed by atoms with Crippen LogP contribution in [0.5, 0.6) is 0 Å². The fraction of sp³-hybridized carbons (Fsp3) is 0.889. The molecule has 2 fully saturated rings. The van der Waals surface area contributed by atoms with E-state index < -0.39 is 0 Å². The molecule has 1 atom stereocenters. The highest BCUT2D eigenvalue weighted by molar-refractivity contribution is 5.60. The van der Waals surface area contributed by atoms with E-state index >= 15 is 0 Å². The summed E-state index contributed by atoms with van der Waals surface area (Å²) in [6.45, 7) is 0. The molecule has 1 nitrogen and oxygen atoms in total. The second-order valence-electron chi connectivity index (χ2n) is 3.87. The summed E-state index contributed by atoms with van der Waals surface area (Å²) < 4.78 is 0. The van der Waals surface area contributed by atoms with Crippen molar-refractivity contribution in [2.75, 3.05) is 0 Å². The van der Waals surface area contributed by atoms with Crippen LogP contribution in [0.15, 0.2) is 0 Å². The fourth-order valence-corrected chi connectivity index (χ4v) is 2.40. The van der Waals surface area contributed by atoms with E-state index in [9.17, 15) is 4.79 Å². The zero-order chi connectivity index (χ0) is 7.03. The summed E-state index contributed by atoms with van der Waals surface area (Å²) in [5.41, 5.74) is 0.528. The Labute approximate surface area is 61.8 Å². The average Bonchev–Trinajstić information content (AvgIpc) is 2.65. The normalized spacial score (nSPS) is 35.8. The molecule has 0 aromatic carbocycles. The molecule has 1 spiro atoms. The molecule has 2 aliphatic carbocycles. The van der Waals surface area contributed by atoms with Gasteiger partial charge in [-0.15, -0.1) is 0 Å². The Hall–Kier alpha value is -0.330. The SMILES string of the molecule is O=CC1CC12CCCCC2. The molecule has 2 saturated carbocycles. The van der Waals surface area contributed by atoms with Crippen LogP contribution < -0.4 is 0 Å². The second-order valence-corrected chi connectivity index (χ2v) is 3.87. The van der Waals surface area contributed by atoms with Gasteiger partial charge < -0.3 is 4.79 Å². The zero-order valence-electron chi connectivity index (χ0n) is 6.31. The Morgan fingerprint density at radius 1 is 1.20 bits per heavy atom. The summed E-state index contributed by atoms with van der Waals surface area (Å²) >= 11 is 0. The molecule has 0 aliphatic heterocycles. The molecule has 0 aromatic rings. The smallest absolute Gasteiger partial charge is 0.123 e. The Kier molecular flexibility index (Phi) is 1.33. The molecule has 2 rings (SSSR count). The average molecular weight is 138 g/mol.